The molecule has 0 N–H and O–H groups in total. The molecule has 0 radical (unpaired) electrons. The molecule has 2 aromatic carbocycles. The van der Waals surface area contributed by atoms with E-state index in [2.05, 4.69) is 17.0 Å². The predicted octanol–water partition coefficient (Wildman–Crippen LogP) is 4.47. The summed E-state index contributed by atoms with van der Waals surface area (Å²) < 4.78 is 11.0. The molecule has 2 aromatic rings. The average Bonchev–Trinajstić information content (AvgIpc) is 3.22. The molecule has 1 fully saturated rings. The van der Waals surface area contributed by atoms with Crippen LogP contribution in [0.5, 0.6) is 0 Å². The van der Waals surface area contributed by atoms with Crippen LogP contribution in [-0.4, -0.2) is 68.8 Å². The van der Waals surface area contributed by atoms with Crippen LogP contribution in [0.1, 0.15) is 23.6 Å². The summed E-state index contributed by atoms with van der Waals surface area (Å²) in [6.45, 7) is 3.80. The topological polar surface area (TPSA) is 42.0 Å². The molecule has 1 heterocycles. The maximum absolute atomic E-state index is 13.1. The van der Waals surface area contributed by atoms with E-state index in [1.807, 2.05) is 36.2 Å². The summed E-state index contributed by atoms with van der Waals surface area (Å²) in [5.41, 5.74) is 1.97. The van der Waals surface area contributed by atoms with Gasteiger partial charge in [-0.3, -0.25) is 9.69 Å². The number of methoxy groups -OCH3 is 1. The lowest BCUT2D eigenvalue weighted by atomic mass is 10.0. The zero-order valence-electron chi connectivity index (χ0n) is 18.1. The summed E-state index contributed by atoms with van der Waals surface area (Å²) in [4.78, 5) is 17.3. The van der Waals surface area contributed by atoms with Gasteiger partial charge in [0.05, 0.1) is 41.8 Å². The van der Waals surface area contributed by atoms with E-state index in [0.29, 0.717) is 23.3 Å². The molecule has 0 aromatic heterocycles. The zero-order chi connectivity index (χ0) is 22.2. The van der Waals surface area contributed by atoms with Gasteiger partial charge in [-0.2, -0.15) is 0 Å². The van der Waals surface area contributed by atoms with Gasteiger partial charge in [0.2, 0.25) is 5.91 Å². The van der Waals surface area contributed by atoms with E-state index in [9.17, 15) is 4.79 Å². The second kappa shape index (κ2) is 11.8. The fourth-order valence-corrected chi connectivity index (χ4v) is 4.21. The Morgan fingerprint density at radius 2 is 1.94 bits per heavy atom. The Balaban J connectivity index is 1.67. The second-order valence-corrected chi connectivity index (χ2v) is 8.70. The molecule has 1 amide bonds. The standard InChI is InChI=1S/C24H30Cl2N2O3/c1-27(24(29)15-18-8-9-21(25)22(26)14-18)23(19-6-4-3-5-7-19)17-28-11-10-20(16-28)31-13-12-30-2/h3-9,14,20,23H,10-13,15-17H2,1-2H3. The minimum absolute atomic E-state index is 0.0410. The van der Waals surface area contributed by atoms with Crippen molar-refractivity contribution in [2.24, 2.45) is 0 Å². The highest BCUT2D eigenvalue weighted by molar-refractivity contribution is 6.42. The molecule has 168 valence electrons. The number of hydrogen-bond acceptors (Lipinski definition) is 4. The van der Waals surface area contributed by atoms with Crippen LogP contribution in [0, 0.1) is 0 Å². The number of hydrogen-bond donors (Lipinski definition) is 0. The van der Waals surface area contributed by atoms with E-state index in [1.165, 1.54) is 0 Å². The van der Waals surface area contributed by atoms with Crippen LogP contribution < -0.4 is 0 Å². The van der Waals surface area contributed by atoms with E-state index in [4.69, 9.17) is 32.7 Å². The lowest BCUT2D eigenvalue weighted by Crippen LogP contribution is -2.39. The molecule has 0 spiro atoms. The van der Waals surface area contributed by atoms with Crippen molar-refractivity contribution >= 4 is 29.1 Å². The molecule has 3 rings (SSSR count). The largest absolute Gasteiger partial charge is 0.382 e. The molecular weight excluding hydrogens is 435 g/mol. The van der Waals surface area contributed by atoms with Crippen LogP contribution in [0.15, 0.2) is 48.5 Å². The number of likely N-dealkylation sites (N-methyl/N-ethyl adjacent to an activating group) is 1. The summed E-state index contributed by atoms with van der Waals surface area (Å²) in [7, 11) is 3.56. The second-order valence-electron chi connectivity index (χ2n) is 7.89. The highest BCUT2D eigenvalue weighted by atomic mass is 35.5. The average molecular weight is 465 g/mol. The molecule has 0 bridgehead atoms. The smallest absolute Gasteiger partial charge is 0.227 e. The first-order valence-electron chi connectivity index (χ1n) is 10.6. The third-order valence-corrected chi connectivity index (χ3v) is 6.42. The minimum Gasteiger partial charge on any atom is -0.382 e. The Hall–Kier alpha value is -1.63. The summed E-state index contributed by atoms with van der Waals surface area (Å²) in [6, 6.07) is 15.5. The molecule has 0 saturated carbocycles. The number of halogens is 2. The molecular formula is C24H30Cl2N2O3. The number of benzene rings is 2. The number of likely N-dealkylation sites (tertiary alicyclic amines) is 1. The SMILES string of the molecule is COCCOC1CCN(CC(c2ccccc2)N(C)C(=O)Cc2ccc(Cl)c(Cl)c2)C1. The Kier molecular flexibility index (Phi) is 9.17. The van der Waals surface area contributed by atoms with E-state index < -0.39 is 0 Å². The highest BCUT2D eigenvalue weighted by Crippen LogP contribution is 2.26. The van der Waals surface area contributed by atoms with Crippen molar-refractivity contribution < 1.29 is 14.3 Å². The van der Waals surface area contributed by atoms with Gasteiger partial charge in [0, 0.05) is 33.8 Å². The first kappa shape index (κ1) is 24.0. The molecule has 31 heavy (non-hydrogen) atoms. The van der Waals surface area contributed by atoms with Crippen LogP contribution in [0.4, 0.5) is 0 Å². The monoisotopic (exact) mass is 464 g/mol. The quantitative estimate of drug-likeness (QED) is 0.486. The number of nitrogens with zero attached hydrogens (tertiary/aromatic N) is 2. The summed E-state index contributed by atoms with van der Waals surface area (Å²) >= 11 is 12.1. The molecule has 1 saturated heterocycles. The third-order valence-electron chi connectivity index (χ3n) is 5.69. The normalized spacial score (nSPS) is 17.6. The Bertz CT molecular complexity index is 850. The van der Waals surface area contributed by atoms with Gasteiger partial charge in [-0.1, -0.05) is 59.6 Å². The van der Waals surface area contributed by atoms with Crippen LogP contribution in [0.2, 0.25) is 10.0 Å². The fourth-order valence-electron chi connectivity index (χ4n) is 3.89. The van der Waals surface area contributed by atoms with E-state index in [0.717, 1.165) is 37.2 Å². The lowest BCUT2D eigenvalue weighted by molar-refractivity contribution is -0.131. The van der Waals surface area contributed by atoms with Crippen molar-refractivity contribution in [3.8, 4) is 0 Å². The third kappa shape index (κ3) is 6.93. The number of carbonyl (C=O) groups excluding carboxylic acids is 1. The van der Waals surface area contributed by atoms with Gasteiger partial charge in [-0.05, 0) is 29.7 Å². The van der Waals surface area contributed by atoms with Crippen LogP contribution in [0.25, 0.3) is 0 Å². The van der Waals surface area contributed by atoms with Gasteiger partial charge < -0.3 is 14.4 Å². The van der Waals surface area contributed by atoms with Gasteiger partial charge in [0.25, 0.3) is 0 Å². The zero-order valence-corrected chi connectivity index (χ0v) is 19.6. The van der Waals surface area contributed by atoms with E-state index in [1.54, 1.807) is 19.2 Å². The first-order valence-corrected chi connectivity index (χ1v) is 11.3. The highest BCUT2D eigenvalue weighted by Gasteiger charge is 2.29. The molecule has 1 aliphatic rings. The minimum atomic E-state index is -0.0470. The molecule has 0 aliphatic carbocycles. The fraction of sp³-hybridized carbons (Fsp3) is 0.458. The van der Waals surface area contributed by atoms with E-state index in [-0.39, 0.29) is 24.5 Å². The van der Waals surface area contributed by atoms with Crippen molar-refractivity contribution in [3.05, 3.63) is 69.7 Å². The Morgan fingerprint density at radius 3 is 2.65 bits per heavy atom. The number of ether oxygens (including phenoxy) is 2. The molecule has 1 aliphatic heterocycles. The van der Waals surface area contributed by atoms with Crippen molar-refractivity contribution in [2.75, 3.05) is 47.0 Å². The molecule has 5 nitrogen and oxygen atoms in total. The Morgan fingerprint density at radius 1 is 1.16 bits per heavy atom. The van der Waals surface area contributed by atoms with Crippen LogP contribution >= 0.6 is 23.2 Å². The summed E-state index contributed by atoms with van der Waals surface area (Å²) in [6.07, 6.45) is 1.48. The van der Waals surface area contributed by atoms with Gasteiger partial charge in [-0.25, -0.2) is 0 Å². The molecule has 2 unspecified atom stereocenters. The summed E-state index contributed by atoms with van der Waals surface area (Å²) in [5.74, 6) is 0.0410. The maximum Gasteiger partial charge on any atom is 0.227 e. The van der Waals surface area contributed by atoms with Crippen molar-refractivity contribution in [2.45, 2.75) is 25.0 Å². The van der Waals surface area contributed by atoms with Gasteiger partial charge >= 0.3 is 0 Å². The molecule has 2 atom stereocenters. The van der Waals surface area contributed by atoms with Crippen molar-refractivity contribution in [1.29, 1.82) is 0 Å². The van der Waals surface area contributed by atoms with Gasteiger partial charge in [0.1, 0.15) is 0 Å². The van der Waals surface area contributed by atoms with Crippen molar-refractivity contribution in [3.63, 3.8) is 0 Å². The van der Waals surface area contributed by atoms with Crippen LogP contribution in [0.3, 0.4) is 0 Å². The lowest BCUT2D eigenvalue weighted by Gasteiger charge is -2.32. The van der Waals surface area contributed by atoms with Crippen molar-refractivity contribution in [1.82, 2.24) is 9.80 Å². The molecule has 7 heteroatoms. The predicted molar refractivity (Wildman–Crippen MR) is 125 cm³/mol. The van der Waals surface area contributed by atoms with Crippen LogP contribution in [-0.2, 0) is 20.7 Å². The number of rotatable bonds is 10. The first-order chi connectivity index (χ1) is 15.0. The van der Waals surface area contributed by atoms with Gasteiger partial charge in [0.15, 0.2) is 0 Å². The number of amides is 1. The van der Waals surface area contributed by atoms with E-state index >= 15 is 0 Å². The Labute approximate surface area is 194 Å². The number of carbonyl (C=O) groups is 1. The van der Waals surface area contributed by atoms with Gasteiger partial charge in [-0.15, -0.1) is 0 Å². The summed E-state index contributed by atoms with van der Waals surface area (Å²) in [5, 5.41) is 0.954. The maximum atomic E-state index is 13.1.